The van der Waals surface area contributed by atoms with Gasteiger partial charge in [-0.15, -0.1) is 6.58 Å². The highest BCUT2D eigenvalue weighted by Gasteiger charge is 2.00. The summed E-state index contributed by atoms with van der Waals surface area (Å²) in [5.74, 6) is 0. The molecule has 0 amide bonds. The Bertz CT molecular complexity index is 180. The fourth-order valence-electron chi connectivity index (χ4n) is 2.17. The normalized spacial score (nSPS) is 12.5. The molecular weight excluding hydrogens is 236 g/mol. The van der Waals surface area contributed by atoms with Gasteiger partial charge in [0.15, 0.2) is 0 Å². The van der Waals surface area contributed by atoms with Crippen LogP contribution in [0.3, 0.4) is 0 Å². The Kier molecular flexibility index (Phi) is 15.4. The molecule has 2 nitrogen and oxygen atoms in total. The van der Waals surface area contributed by atoms with Crippen molar-refractivity contribution in [1.82, 2.24) is 0 Å². The van der Waals surface area contributed by atoms with E-state index in [1.807, 2.05) is 0 Å². The summed E-state index contributed by atoms with van der Waals surface area (Å²) < 4.78 is 5.42. The van der Waals surface area contributed by atoms with Gasteiger partial charge in [0.2, 0.25) is 0 Å². The minimum absolute atomic E-state index is 0.374. The second-order valence-corrected chi connectivity index (χ2v) is 5.44. The van der Waals surface area contributed by atoms with Crippen LogP contribution in [0.5, 0.6) is 0 Å². The zero-order valence-corrected chi connectivity index (χ0v) is 12.9. The first-order chi connectivity index (χ1) is 9.31. The van der Waals surface area contributed by atoms with Gasteiger partial charge < -0.3 is 9.84 Å². The lowest BCUT2D eigenvalue weighted by atomic mass is 10.1. The lowest BCUT2D eigenvalue weighted by molar-refractivity contribution is 0.0368. The highest BCUT2D eigenvalue weighted by molar-refractivity contribution is 4.71. The SMILES string of the molecule is C=CCC(O)COCCCCCCCCCCCC. The molecule has 0 saturated heterocycles. The van der Waals surface area contributed by atoms with Gasteiger partial charge in [-0.05, 0) is 12.8 Å². The van der Waals surface area contributed by atoms with Gasteiger partial charge in [0.05, 0.1) is 12.7 Å². The third-order valence-electron chi connectivity index (χ3n) is 3.39. The summed E-state index contributed by atoms with van der Waals surface area (Å²) in [4.78, 5) is 0. The second kappa shape index (κ2) is 15.7. The van der Waals surface area contributed by atoms with Crippen LogP contribution in [0.2, 0.25) is 0 Å². The van der Waals surface area contributed by atoms with E-state index in [9.17, 15) is 5.11 Å². The number of rotatable bonds is 15. The third-order valence-corrected chi connectivity index (χ3v) is 3.39. The van der Waals surface area contributed by atoms with Crippen molar-refractivity contribution in [2.45, 2.75) is 83.7 Å². The minimum Gasteiger partial charge on any atom is -0.390 e. The van der Waals surface area contributed by atoms with Crippen molar-refractivity contribution in [3.05, 3.63) is 12.7 Å². The quantitative estimate of drug-likeness (QED) is 0.340. The Morgan fingerprint density at radius 2 is 1.47 bits per heavy atom. The van der Waals surface area contributed by atoms with Crippen LogP contribution < -0.4 is 0 Å². The molecule has 0 spiro atoms. The first-order valence-corrected chi connectivity index (χ1v) is 8.18. The molecule has 0 aromatic rings. The number of unbranched alkanes of at least 4 members (excludes halogenated alkanes) is 9. The molecule has 1 unspecified atom stereocenters. The molecule has 1 atom stereocenters. The molecule has 0 aliphatic carbocycles. The predicted molar refractivity (Wildman–Crippen MR) is 83.5 cm³/mol. The van der Waals surface area contributed by atoms with Gasteiger partial charge in [0.25, 0.3) is 0 Å². The van der Waals surface area contributed by atoms with Crippen molar-refractivity contribution in [1.29, 1.82) is 0 Å². The summed E-state index contributed by atoms with van der Waals surface area (Å²) in [5, 5.41) is 9.41. The number of ether oxygens (including phenoxy) is 1. The minimum atomic E-state index is -0.374. The van der Waals surface area contributed by atoms with Crippen LogP contribution in [0, 0.1) is 0 Å². The summed E-state index contributed by atoms with van der Waals surface area (Å²) in [6.45, 7) is 7.09. The first kappa shape index (κ1) is 18.7. The van der Waals surface area contributed by atoms with E-state index in [0.29, 0.717) is 13.0 Å². The molecule has 0 radical (unpaired) electrons. The molecule has 0 saturated carbocycles. The maximum Gasteiger partial charge on any atom is 0.0807 e. The van der Waals surface area contributed by atoms with Crippen molar-refractivity contribution in [2.75, 3.05) is 13.2 Å². The molecule has 0 aliphatic heterocycles. The van der Waals surface area contributed by atoms with E-state index in [2.05, 4.69) is 13.5 Å². The first-order valence-electron chi connectivity index (χ1n) is 8.18. The largest absolute Gasteiger partial charge is 0.390 e. The topological polar surface area (TPSA) is 29.5 Å². The fourth-order valence-corrected chi connectivity index (χ4v) is 2.17. The summed E-state index contributed by atoms with van der Waals surface area (Å²) in [5.41, 5.74) is 0. The van der Waals surface area contributed by atoms with Crippen LogP contribution in [-0.2, 0) is 4.74 Å². The molecule has 0 aromatic heterocycles. The molecule has 114 valence electrons. The van der Waals surface area contributed by atoms with Gasteiger partial charge in [0, 0.05) is 6.61 Å². The monoisotopic (exact) mass is 270 g/mol. The van der Waals surface area contributed by atoms with Crippen molar-refractivity contribution in [3.8, 4) is 0 Å². The van der Waals surface area contributed by atoms with E-state index in [4.69, 9.17) is 4.74 Å². The van der Waals surface area contributed by atoms with Gasteiger partial charge in [-0.25, -0.2) is 0 Å². The van der Waals surface area contributed by atoms with Crippen LogP contribution in [0.15, 0.2) is 12.7 Å². The van der Waals surface area contributed by atoms with E-state index in [1.54, 1.807) is 6.08 Å². The third kappa shape index (κ3) is 15.6. The fraction of sp³-hybridized carbons (Fsp3) is 0.882. The summed E-state index contributed by atoms with van der Waals surface area (Å²) in [6.07, 6.45) is 15.4. The van der Waals surface area contributed by atoms with Gasteiger partial charge in [-0.3, -0.25) is 0 Å². The Labute approximate surface area is 120 Å². The lowest BCUT2D eigenvalue weighted by Gasteiger charge is -2.08. The zero-order chi connectivity index (χ0) is 14.2. The van der Waals surface area contributed by atoms with Gasteiger partial charge in [0.1, 0.15) is 0 Å². The Hall–Kier alpha value is -0.340. The van der Waals surface area contributed by atoms with Gasteiger partial charge >= 0.3 is 0 Å². The maximum atomic E-state index is 9.41. The van der Waals surface area contributed by atoms with Gasteiger partial charge in [-0.1, -0.05) is 70.8 Å². The molecule has 0 heterocycles. The standard InChI is InChI=1S/C17H34O2/c1-3-5-6-7-8-9-10-11-12-13-15-19-16-17(18)14-4-2/h4,17-18H,2-3,5-16H2,1H3. The summed E-state index contributed by atoms with van der Waals surface area (Å²) >= 11 is 0. The van der Waals surface area contributed by atoms with E-state index >= 15 is 0 Å². The van der Waals surface area contributed by atoms with Crippen molar-refractivity contribution in [3.63, 3.8) is 0 Å². The zero-order valence-electron chi connectivity index (χ0n) is 12.9. The van der Waals surface area contributed by atoms with Crippen LogP contribution in [0.4, 0.5) is 0 Å². The molecule has 0 aromatic carbocycles. The van der Waals surface area contributed by atoms with E-state index in [0.717, 1.165) is 13.0 Å². The average Bonchev–Trinajstić information content (AvgIpc) is 2.40. The number of hydrogen-bond donors (Lipinski definition) is 1. The second-order valence-electron chi connectivity index (χ2n) is 5.44. The summed E-state index contributed by atoms with van der Waals surface area (Å²) in [7, 11) is 0. The van der Waals surface area contributed by atoms with Crippen LogP contribution >= 0.6 is 0 Å². The molecule has 0 bridgehead atoms. The van der Waals surface area contributed by atoms with E-state index in [-0.39, 0.29) is 6.10 Å². The van der Waals surface area contributed by atoms with Crippen LogP contribution in [0.25, 0.3) is 0 Å². The molecule has 0 fully saturated rings. The van der Waals surface area contributed by atoms with Crippen molar-refractivity contribution >= 4 is 0 Å². The lowest BCUT2D eigenvalue weighted by Crippen LogP contribution is -2.14. The van der Waals surface area contributed by atoms with Crippen molar-refractivity contribution < 1.29 is 9.84 Å². The summed E-state index contributed by atoms with van der Waals surface area (Å²) in [6, 6.07) is 0. The molecule has 0 aliphatic rings. The highest BCUT2D eigenvalue weighted by Crippen LogP contribution is 2.10. The molecule has 0 rings (SSSR count). The van der Waals surface area contributed by atoms with Crippen LogP contribution in [0.1, 0.15) is 77.6 Å². The number of aliphatic hydroxyl groups excluding tert-OH is 1. The molecular formula is C17H34O2. The van der Waals surface area contributed by atoms with Gasteiger partial charge in [-0.2, -0.15) is 0 Å². The predicted octanol–water partition coefficient (Wildman–Crippen LogP) is 4.86. The Morgan fingerprint density at radius 1 is 0.947 bits per heavy atom. The Balaban J connectivity index is 3.00. The molecule has 2 heteroatoms. The maximum absolute atomic E-state index is 9.41. The molecule has 1 N–H and O–H groups in total. The van der Waals surface area contributed by atoms with Crippen LogP contribution in [-0.4, -0.2) is 24.4 Å². The van der Waals surface area contributed by atoms with E-state index < -0.39 is 0 Å². The molecule has 19 heavy (non-hydrogen) atoms. The van der Waals surface area contributed by atoms with Crippen molar-refractivity contribution in [2.24, 2.45) is 0 Å². The number of hydrogen-bond acceptors (Lipinski definition) is 2. The number of aliphatic hydroxyl groups is 1. The average molecular weight is 270 g/mol. The van der Waals surface area contributed by atoms with E-state index in [1.165, 1.54) is 57.8 Å². The Morgan fingerprint density at radius 3 is 2.00 bits per heavy atom. The smallest absolute Gasteiger partial charge is 0.0807 e. The highest BCUT2D eigenvalue weighted by atomic mass is 16.5.